The molecule has 0 atom stereocenters. The Labute approximate surface area is 131 Å². The Morgan fingerprint density at radius 1 is 1.38 bits per heavy atom. The number of thiocarbonyl (C=S) groups is 1. The average Bonchev–Trinajstić information content (AvgIpc) is 2.72. The van der Waals surface area contributed by atoms with Crippen molar-refractivity contribution in [2.75, 3.05) is 0 Å². The van der Waals surface area contributed by atoms with Gasteiger partial charge in [0.2, 0.25) is 0 Å². The summed E-state index contributed by atoms with van der Waals surface area (Å²) in [5.41, 5.74) is 1.89. The molecule has 0 radical (unpaired) electrons. The first-order valence-electron chi connectivity index (χ1n) is 5.86. The molecule has 0 unspecified atom stereocenters. The normalized spacial score (nSPS) is 11.0. The summed E-state index contributed by atoms with van der Waals surface area (Å²) in [4.78, 5) is 10.4. The molecular formula is C12H11N5O2S2. The number of nitro benzene ring substituents is 1. The molecule has 1 aromatic heterocycles. The van der Waals surface area contributed by atoms with E-state index in [4.69, 9.17) is 12.2 Å². The lowest BCUT2D eigenvalue weighted by atomic mass is 10.3. The highest BCUT2D eigenvalue weighted by Gasteiger charge is 2.15. The Bertz CT molecular complexity index is 754. The van der Waals surface area contributed by atoms with Crippen LogP contribution in [0.1, 0.15) is 11.4 Å². The van der Waals surface area contributed by atoms with Crippen molar-refractivity contribution in [3.63, 3.8) is 0 Å². The summed E-state index contributed by atoms with van der Waals surface area (Å²) in [6.07, 6.45) is 0. The molecular weight excluding hydrogens is 310 g/mol. The summed E-state index contributed by atoms with van der Waals surface area (Å²) in [5, 5.41) is 23.1. The fourth-order valence-electron chi connectivity index (χ4n) is 1.77. The van der Waals surface area contributed by atoms with Crippen LogP contribution in [0.3, 0.4) is 0 Å². The lowest BCUT2D eigenvalue weighted by molar-refractivity contribution is -0.384. The van der Waals surface area contributed by atoms with Gasteiger partial charge in [-0.25, -0.2) is 4.68 Å². The van der Waals surface area contributed by atoms with Gasteiger partial charge in [-0.15, -0.1) is 22.9 Å². The minimum Gasteiger partial charge on any atom is -0.258 e. The standard InChI is InChI=1S/C12H11N5O2S2/c1-7-11(8(2)16(15-7)12(20)21)14-13-9-5-3-4-6-10(9)17(18)19/h3-6H,1-2H3,(H,20,21). The van der Waals surface area contributed by atoms with Gasteiger partial charge in [0.25, 0.3) is 5.69 Å². The highest BCUT2D eigenvalue weighted by atomic mass is 32.1. The molecule has 0 aliphatic carbocycles. The highest BCUT2D eigenvalue weighted by Crippen LogP contribution is 2.30. The molecule has 0 aliphatic rings. The molecule has 1 aromatic carbocycles. The van der Waals surface area contributed by atoms with Crippen LogP contribution in [0.2, 0.25) is 0 Å². The van der Waals surface area contributed by atoms with E-state index in [0.29, 0.717) is 21.4 Å². The predicted molar refractivity (Wildman–Crippen MR) is 86.0 cm³/mol. The summed E-state index contributed by atoms with van der Waals surface area (Å²) in [7, 11) is 0. The first-order chi connectivity index (χ1) is 9.91. The van der Waals surface area contributed by atoms with E-state index in [0.717, 1.165) is 0 Å². The number of rotatable bonds is 3. The summed E-state index contributed by atoms with van der Waals surface area (Å²) in [5.74, 6) is 0. The third kappa shape index (κ3) is 3.14. The maximum atomic E-state index is 10.9. The molecule has 2 aromatic rings. The zero-order valence-electron chi connectivity index (χ0n) is 11.2. The molecule has 0 saturated carbocycles. The van der Waals surface area contributed by atoms with E-state index in [9.17, 15) is 10.1 Å². The number of hydrogen-bond acceptors (Lipinski definition) is 6. The first-order valence-corrected chi connectivity index (χ1v) is 6.72. The Morgan fingerprint density at radius 3 is 2.62 bits per heavy atom. The van der Waals surface area contributed by atoms with E-state index < -0.39 is 4.92 Å². The number of thiol groups is 1. The van der Waals surface area contributed by atoms with Crippen LogP contribution in [0.15, 0.2) is 34.5 Å². The van der Waals surface area contributed by atoms with Gasteiger partial charge in [-0.2, -0.15) is 5.10 Å². The monoisotopic (exact) mass is 321 g/mol. The van der Waals surface area contributed by atoms with Crippen molar-refractivity contribution in [1.29, 1.82) is 0 Å². The van der Waals surface area contributed by atoms with Gasteiger partial charge in [-0.1, -0.05) is 24.4 Å². The van der Waals surface area contributed by atoms with Crippen LogP contribution >= 0.6 is 24.8 Å². The van der Waals surface area contributed by atoms with Crippen molar-refractivity contribution >= 4 is 46.2 Å². The zero-order valence-corrected chi connectivity index (χ0v) is 12.9. The van der Waals surface area contributed by atoms with Crippen LogP contribution in [0.5, 0.6) is 0 Å². The Balaban J connectivity index is 2.44. The van der Waals surface area contributed by atoms with E-state index in [1.165, 1.54) is 16.8 Å². The number of hydrogen-bond donors (Lipinski definition) is 1. The molecule has 21 heavy (non-hydrogen) atoms. The minimum absolute atomic E-state index is 0.103. The van der Waals surface area contributed by atoms with Gasteiger partial charge in [0, 0.05) is 6.07 Å². The van der Waals surface area contributed by atoms with Crippen molar-refractivity contribution in [3.05, 3.63) is 45.8 Å². The number of nitrogens with zero attached hydrogens (tertiary/aromatic N) is 5. The highest BCUT2D eigenvalue weighted by molar-refractivity contribution is 8.11. The van der Waals surface area contributed by atoms with Gasteiger partial charge in [0.05, 0.1) is 16.3 Å². The quantitative estimate of drug-likeness (QED) is 0.305. The van der Waals surface area contributed by atoms with Crippen molar-refractivity contribution < 1.29 is 4.92 Å². The van der Waals surface area contributed by atoms with Crippen molar-refractivity contribution in [1.82, 2.24) is 9.78 Å². The molecule has 2 rings (SSSR count). The van der Waals surface area contributed by atoms with E-state index in [1.807, 2.05) is 0 Å². The third-order valence-electron chi connectivity index (χ3n) is 2.77. The Hall–Kier alpha value is -2.13. The van der Waals surface area contributed by atoms with Gasteiger partial charge < -0.3 is 0 Å². The topological polar surface area (TPSA) is 85.7 Å². The maximum absolute atomic E-state index is 10.9. The van der Waals surface area contributed by atoms with E-state index in [-0.39, 0.29) is 11.4 Å². The summed E-state index contributed by atoms with van der Waals surface area (Å²) in [6, 6.07) is 6.14. The molecule has 1 heterocycles. The lowest BCUT2D eigenvalue weighted by Crippen LogP contribution is -2.05. The van der Waals surface area contributed by atoms with Crippen LogP contribution < -0.4 is 0 Å². The van der Waals surface area contributed by atoms with Gasteiger partial charge >= 0.3 is 0 Å². The molecule has 0 aliphatic heterocycles. The van der Waals surface area contributed by atoms with Crippen LogP contribution in [-0.2, 0) is 0 Å². The number of aromatic nitrogens is 2. The molecule has 0 fully saturated rings. The average molecular weight is 321 g/mol. The SMILES string of the molecule is Cc1nn(C(=S)S)c(C)c1N=Nc1ccccc1[N+](=O)[O-]. The van der Waals surface area contributed by atoms with Crippen LogP contribution in [0, 0.1) is 24.0 Å². The zero-order chi connectivity index (χ0) is 15.6. The van der Waals surface area contributed by atoms with Gasteiger partial charge in [0.1, 0.15) is 5.69 Å². The molecule has 0 N–H and O–H groups in total. The lowest BCUT2D eigenvalue weighted by Gasteiger charge is -1.98. The smallest absolute Gasteiger partial charge is 0.258 e. The minimum atomic E-state index is -0.500. The Morgan fingerprint density at radius 2 is 2.05 bits per heavy atom. The van der Waals surface area contributed by atoms with Crippen molar-refractivity contribution in [2.24, 2.45) is 10.2 Å². The second-order valence-corrected chi connectivity index (χ2v) is 5.27. The van der Waals surface area contributed by atoms with E-state index in [2.05, 4.69) is 28.0 Å². The number of azo groups is 1. The van der Waals surface area contributed by atoms with Gasteiger partial charge in [-0.05, 0) is 19.9 Å². The largest absolute Gasteiger partial charge is 0.296 e. The number of para-hydroxylation sites is 1. The van der Waals surface area contributed by atoms with Crippen molar-refractivity contribution in [3.8, 4) is 0 Å². The van der Waals surface area contributed by atoms with E-state index >= 15 is 0 Å². The summed E-state index contributed by atoms with van der Waals surface area (Å²) < 4.78 is 1.75. The molecule has 9 heteroatoms. The third-order valence-corrected chi connectivity index (χ3v) is 3.13. The van der Waals surface area contributed by atoms with E-state index in [1.54, 1.807) is 26.0 Å². The van der Waals surface area contributed by atoms with Crippen LogP contribution in [0.4, 0.5) is 17.1 Å². The molecule has 108 valence electrons. The summed E-state index contributed by atoms with van der Waals surface area (Å²) >= 11 is 9.03. The molecule has 0 spiro atoms. The second-order valence-electron chi connectivity index (χ2n) is 4.16. The molecule has 7 nitrogen and oxygen atoms in total. The van der Waals surface area contributed by atoms with Gasteiger partial charge in [-0.3, -0.25) is 10.1 Å². The first kappa shape index (κ1) is 15.3. The fraction of sp³-hybridized carbons (Fsp3) is 0.167. The Kier molecular flexibility index (Phi) is 4.43. The van der Waals surface area contributed by atoms with Crippen molar-refractivity contribution in [2.45, 2.75) is 13.8 Å². The number of benzene rings is 1. The molecule has 0 bridgehead atoms. The molecule has 0 amide bonds. The number of nitro groups is 1. The molecule has 0 saturated heterocycles. The second kappa shape index (κ2) is 6.10. The predicted octanol–water partition coefficient (Wildman–Crippen LogP) is 3.89. The van der Waals surface area contributed by atoms with Crippen LogP contribution in [-0.4, -0.2) is 19.0 Å². The maximum Gasteiger partial charge on any atom is 0.296 e. The fourth-order valence-corrected chi connectivity index (χ4v) is 2.14. The number of aryl methyl sites for hydroxylation is 1. The van der Waals surface area contributed by atoms with Gasteiger partial charge in [0.15, 0.2) is 10.0 Å². The summed E-state index contributed by atoms with van der Waals surface area (Å²) in [6.45, 7) is 3.53. The van der Waals surface area contributed by atoms with Crippen LogP contribution in [0.25, 0.3) is 0 Å².